The van der Waals surface area contributed by atoms with Gasteiger partial charge in [0.1, 0.15) is 11.3 Å². The molecule has 0 aliphatic carbocycles. The Morgan fingerprint density at radius 2 is 2.20 bits per heavy atom. The van der Waals surface area contributed by atoms with Gasteiger partial charge < -0.3 is 10.2 Å². The van der Waals surface area contributed by atoms with Crippen molar-refractivity contribution in [2.45, 2.75) is 19.0 Å². The Bertz CT molecular complexity index is 943. The fraction of sp³-hybridized carbons (Fsp3) is 0.294. The van der Waals surface area contributed by atoms with Crippen LogP contribution in [0.2, 0.25) is 0 Å². The monoisotopic (exact) mass is 338 g/mol. The molecule has 3 aromatic rings. The summed E-state index contributed by atoms with van der Waals surface area (Å²) < 4.78 is 3.62. The molecule has 0 aromatic carbocycles. The number of carbonyl (C=O) groups is 2. The van der Waals surface area contributed by atoms with Gasteiger partial charge in [0.2, 0.25) is 5.91 Å². The lowest BCUT2D eigenvalue weighted by atomic mass is 10.1. The first-order valence-electron chi connectivity index (χ1n) is 8.11. The molecule has 0 fully saturated rings. The van der Waals surface area contributed by atoms with E-state index in [9.17, 15) is 9.59 Å². The smallest absolute Gasteiger partial charge is 0.272 e. The summed E-state index contributed by atoms with van der Waals surface area (Å²) in [5.41, 5.74) is 2.17. The highest BCUT2D eigenvalue weighted by Crippen LogP contribution is 2.24. The standard InChI is InChI=1S/C17H18N6O2/c1-18-16(24)8-13-11-21(10-12-5-6-20-23(12)13)17(25)14-9-19-15-4-2-3-7-22(14)15/h2-7,9,13H,8,10-11H2,1H3,(H,18,24)/t13-/m0/s1. The highest BCUT2D eigenvalue weighted by Gasteiger charge is 2.31. The fourth-order valence-electron chi connectivity index (χ4n) is 3.26. The highest BCUT2D eigenvalue weighted by molar-refractivity contribution is 5.93. The third kappa shape index (κ3) is 2.65. The van der Waals surface area contributed by atoms with Crippen molar-refractivity contribution in [3.05, 3.63) is 54.2 Å². The van der Waals surface area contributed by atoms with Gasteiger partial charge in [0.25, 0.3) is 5.91 Å². The summed E-state index contributed by atoms with van der Waals surface area (Å²) in [7, 11) is 1.61. The van der Waals surface area contributed by atoms with Crippen molar-refractivity contribution in [1.29, 1.82) is 0 Å². The third-order valence-corrected chi connectivity index (χ3v) is 4.51. The number of hydrogen-bond acceptors (Lipinski definition) is 4. The van der Waals surface area contributed by atoms with Gasteiger partial charge in [0.15, 0.2) is 0 Å². The van der Waals surface area contributed by atoms with Crippen LogP contribution in [0.3, 0.4) is 0 Å². The number of aromatic nitrogens is 4. The van der Waals surface area contributed by atoms with E-state index in [1.165, 1.54) is 0 Å². The Labute approximate surface area is 144 Å². The minimum Gasteiger partial charge on any atom is -0.359 e. The van der Waals surface area contributed by atoms with Crippen molar-refractivity contribution in [3.8, 4) is 0 Å². The molecule has 25 heavy (non-hydrogen) atoms. The molecule has 8 heteroatoms. The van der Waals surface area contributed by atoms with Gasteiger partial charge in [-0.1, -0.05) is 6.07 Å². The first-order chi connectivity index (χ1) is 12.2. The van der Waals surface area contributed by atoms with E-state index in [1.807, 2.05) is 35.1 Å². The molecule has 0 unspecified atom stereocenters. The topological polar surface area (TPSA) is 84.5 Å². The van der Waals surface area contributed by atoms with Gasteiger partial charge in [-0.25, -0.2) is 4.98 Å². The predicted molar refractivity (Wildman–Crippen MR) is 89.9 cm³/mol. The van der Waals surface area contributed by atoms with Crippen molar-refractivity contribution in [2.75, 3.05) is 13.6 Å². The molecule has 1 aliphatic heterocycles. The molecular formula is C17H18N6O2. The first-order valence-corrected chi connectivity index (χ1v) is 8.11. The van der Waals surface area contributed by atoms with E-state index in [0.717, 1.165) is 11.3 Å². The zero-order valence-electron chi connectivity index (χ0n) is 13.8. The van der Waals surface area contributed by atoms with Gasteiger partial charge in [0, 0.05) is 26.0 Å². The zero-order chi connectivity index (χ0) is 17.4. The summed E-state index contributed by atoms with van der Waals surface area (Å²) >= 11 is 0. The van der Waals surface area contributed by atoms with Crippen LogP contribution < -0.4 is 5.32 Å². The number of carbonyl (C=O) groups excluding carboxylic acids is 2. The third-order valence-electron chi connectivity index (χ3n) is 4.51. The summed E-state index contributed by atoms with van der Waals surface area (Å²) in [6.45, 7) is 0.893. The maximum Gasteiger partial charge on any atom is 0.272 e. The van der Waals surface area contributed by atoms with Crippen molar-refractivity contribution < 1.29 is 9.59 Å². The largest absolute Gasteiger partial charge is 0.359 e. The van der Waals surface area contributed by atoms with Crippen molar-refractivity contribution in [1.82, 2.24) is 29.4 Å². The molecule has 128 valence electrons. The molecular weight excluding hydrogens is 320 g/mol. The Kier molecular flexibility index (Phi) is 3.72. The Morgan fingerprint density at radius 1 is 1.32 bits per heavy atom. The molecule has 1 aliphatic rings. The molecule has 0 saturated heterocycles. The summed E-state index contributed by atoms with van der Waals surface area (Å²) in [6.07, 6.45) is 5.40. The number of imidazole rings is 1. The number of rotatable bonds is 3. The predicted octanol–water partition coefficient (Wildman–Crippen LogP) is 0.864. The van der Waals surface area contributed by atoms with Gasteiger partial charge in [0.05, 0.1) is 30.9 Å². The van der Waals surface area contributed by atoms with Crippen LogP contribution in [0.1, 0.15) is 28.6 Å². The number of hydrogen-bond donors (Lipinski definition) is 1. The van der Waals surface area contributed by atoms with Gasteiger partial charge in [-0.05, 0) is 18.2 Å². The van der Waals surface area contributed by atoms with Crippen LogP contribution in [0.25, 0.3) is 5.65 Å². The Hall–Kier alpha value is -3.16. The molecule has 0 saturated carbocycles. The van der Waals surface area contributed by atoms with Crippen LogP contribution in [0.5, 0.6) is 0 Å². The van der Waals surface area contributed by atoms with Crippen LogP contribution in [-0.2, 0) is 11.3 Å². The zero-order valence-corrected chi connectivity index (χ0v) is 13.8. The van der Waals surface area contributed by atoms with Crippen LogP contribution in [0.15, 0.2) is 42.9 Å². The summed E-state index contributed by atoms with van der Waals surface area (Å²) in [5.74, 6) is -0.177. The summed E-state index contributed by atoms with van der Waals surface area (Å²) in [4.78, 5) is 30.9. The molecule has 0 bridgehead atoms. The van der Waals surface area contributed by atoms with Gasteiger partial charge in [-0.3, -0.25) is 18.7 Å². The van der Waals surface area contributed by atoms with Crippen LogP contribution in [0.4, 0.5) is 0 Å². The average molecular weight is 338 g/mol. The van der Waals surface area contributed by atoms with E-state index in [0.29, 0.717) is 18.8 Å². The number of nitrogens with zero attached hydrogens (tertiary/aromatic N) is 5. The van der Waals surface area contributed by atoms with E-state index in [2.05, 4.69) is 15.4 Å². The number of pyridine rings is 1. The second kappa shape index (κ2) is 6.04. The van der Waals surface area contributed by atoms with Crippen molar-refractivity contribution >= 4 is 17.5 Å². The molecule has 0 radical (unpaired) electrons. The molecule has 1 atom stereocenters. The number of amides is 2. The average Bonchev–Trinajstić information content (AvgIpc) is 3.27. The van der Waals surface area contributed by atoms with Crippen LogP contribution in [0, 0.1) is 0 Å². The normalized spacial score (nSPS) is 16.7. The minimum atomic E-state index is -0.179. The fourth-order valence-corrected chi connectivity index (χ4v) is 3.26. The second-order valence-electron chi connectivity index (χ2n) is 6.06. The van der Waals surface area contributed by atoms with E-state index in [1.54, 1.807) is 28.7 Å². The Balaban J connectivity index is 1.64. The van der Waals surface area contributed by atoms with E-state index in [-0.39, 0.29) is 24.3 Å². The number of nitrogens with one attached hydrogen (secondary N) is 1. The van der Waals surface area contributed by atoms with Gasteiger partial charge in [-0.2, -0.15) is 5.10 Å². The maximum absolute atomic E-state index is 13.0. The highest BCUT2D eigenvalue weighted by atomic mass is 16.2. The van der Waals surface area contributed by atoms with Gasteiger partial charge in [-0.15, -0.1) is 0 Å². The lowest BCUT2D eigenvalue weighted by Gasteiger charge is -2.33. The van der Waals surface area contributed by atoms with Crippen molar-refractivity contribution in [3.63, 3.8) is 0 Å². The lowest BCUT2D eigenvalue weighted by molar-refractivity contribution is -0.121. The molecule has 4 rings (SSSR count). The molecule has 2 amide bonds. The first kappa shape index (κ1) is 15.4. The van der Waals surface area contributed by atoms with Crippen LogP contribution >= 0.6 is 0 Å². The lowest BCUT2D eigenvalue weighted by Crippen LogP contribution is -2.43. The molecule has 4 heterocycles. The molecule has 8 nitrogen and oxygen atoms in total. The Morgan fingerprint density at radius 3 is 3.04 bits per heavy atom. The molecule has 0 spiro atoms. The van der Waals surface area contributed by atoms with Crippen LogP contribution in [-0.4, -0.2) is 49.5 Å². The number of fused-ring (bicyclic) bond motifs is 2. The quantitative estimate of drug-likeness (QED) is 0.768. The maximum atomic E-state index is 13.0. The second-order valence-corrected chi connectivity index (χ2v) is 6.06. The van der Waals surface area contributed by atoms with Gasteiger partial charge >= 0.3 is 0 Å². The minimum absolute atomic E-state index is 0.0736. The van der Waals surface area contributed by atoms with E-state index in [4.69, 9.17) is 0 Å². The van der Waals surface area contributed by atoms with Crippen molar-refractivity contribution in [2.24, 2.45) is 0 Å². The summed E-state index contributed by atoms with van der Waals surface area (Å²) in [6, 6.07) is 7.31. The SMILES string of the molecule is CNC(=O)C[C@H]1CN(C(=O)c2cnc3ccccn23)Cc2ccnn21. The summed E-state index contributed by atoms with van der Waals surface area (Å²) in [5, 5.41) is 6.95. The molecule has 3 aromatic heterocycles. The molecule has 1 N–H and O–H groups in total. The van der Waals surface area contributed by atoms with E-state index >= 15 is 0 Å². The van der Waals surface area contributed by atoms with E-state index < -0.39 is 0 Å².